The molecule has 17 unspecified atom stereocenters. The molecule has 0 aromatic carbocycles. The van der Waals surface area contributed by atoms with E-state index in [-0.39, 0.29) is 18.9 Å². The molecule has 0 saturated carbocycles. The second kappa shape index (κ2) is 71.8. The molecule has 3 aliphatic rings. The third-order valence-corrected chi connectivity index (χ3v) is 23.1. The Morgan fingerprint density at radius 2 is 0.595 bits per heavy atom. The molecule has 3 saturated heterocycles. The van der Waals surface area contributed by atoms with Gasteiger partial charge in [-0.25, -0.2) is 0 Å². The summed E-state index contributed by atoms with van der Waals surface area (Å²) in [4.78, 5) is 13.5. The first kappa shape index (κ1) is 103. The van der Waals surface area contributed by atoms with Crippen LogP contribution in [0, 0.1) is 0 Å². The Morgan fingerprint density at radius 1 is 0.324 bits per heavy atom. The summed E-state index contributed by atoms with van der Waals surface area (Å²) in [6.45, 7) is 1.79. The molecule has 0 aromatic rings. The zero-order valence-corrected chi connectivity index (χ0v) is 70.5. The smallest absolute Gasteiger partial charge is 0.220 e. The highest BCUT2D eigenvalue weighted by Crippen LogP contribution is 2.34. The Morgan fingerprint density at radius 3 is 0.928 bits per heavy atom. The standard InChI is InChI=1S/C92H171NO18/c1-3-5-7-9-11-13-15-17-19-21-23-25-27-29-31-33-34-35-36-37-38-39-40-42-44-46-48-50-52-54-56-58-60-62-64-66-68-70-80(98)93-75(76(97)69-67-65-63-61-59-57-55-53-51-49-47-45-43-41-32-30-28-26-24-22-20-18-16-14-12-10-8-6-4-2)74-106-90-86(104)83(101)88(78(72-95)108-90)111-92-87(105)84(102)89(79(73-96)109-92)110-91-85(103)82(100)81(99)77(71-94)107-91/h15,17,21,23,27,29,67,69,75-79,81-92,94-97,99-105H,3-14,16,18-20,22,24-26,28,30-66,68,70-74H2,1-2H3,(H,93,98)/b17-15-,23-21-,29-27-,69-67+. The lowest BCUT2D eigenvalue weighted by Crippen LogP contribution is -2.66. The summed E-state index contributed by atoms with van der Waals surface area (Å²) >= 11 is 0. The van der Waals surface area contributed by atoms with Crippen LogP contribution in [0.3, 0.4) is 0 Å². The van der Waals surface area contributed by atoms with Crippen molar-refractivity contribution in [1.29, 1.82) is 0 Å². The Labute approximate surface area is 675 Å². The van der Waals surface area contributed by atoms with E-state index in [1.54, 1.807) is 6.08 Å². The van der Waals surface area contributed by atoms with Gasteiger partial charge in [0.15, 0.2) is 18.9 Å². The molecule has 3 aliphatic heterocycles. The van der Waals surface area contributed by atoms with Crippen molar-refractivity contribution in [2.45, 2.75) is 503 Å². The van der Waals surface area contributed by atoms with Crippen molar-refractivity contribution >= 4 is 5.91 Å². The third-order valence-electron chi connectivity index (χ3n) is 23.1. The molecular weight excluding hydrogens is 1410 g/mol. The molecule has 0 spiro atoms. The lowest BCUT2D eigenvalue weighted by atomic mass is 9.96. The molecule has 111 heavy (non-hydrogen) atoms. The summed E-state index contributed by atoms with van der Waals surface area (Å²) in [5.41, 5.74) is 0. The minimum Gasteiger partial charge on any atom is -0.394 e. The number of hydrogen-bond donors (Lipinski definition) is 12. The number of allylic oxidation sites excluding steroid dienone is 7. The topological polar surface area (TPSA) is 307 Å². The second-order valence-corrected chi connectivity index (χ2v) is 33.1. The highest BCUT2D eigenvalue weighted by molar-refractivity contribution is 5.76. The van der Waals surface area contributed by atoms with E-state index in [0.717, 1.165) is 57.8 Å². The van der Waals surface area contributed by atoms with Crippen LogP contribution in [0.2, 0.25) is 0 Å². The fraction of sp³-hybridized carbons (Fsp3) is 0.902. The summed E-state index contributed by atoms with van der Waals surface area (Å²) in [5.74, 6) is -0.267. The van der Waals surface area contributed by atoms with Crippen LogP contribution in [0.4, 0.5) is 0 Å². The molecule has 12 N–H and O–H groups in total. The third kappa shape index (κ3) is 50.3. The monoisotopic (exact) mass is 1580 g/mol. The minimum atomic E-state index is -1.98. The summed E-state index contributed by atoms with van der Waals surface area (Å²) in [6.07, 6.45) is 67.0. The number of rotatable bonds is 76. The summed E-state index contributed by atoms with van der Waals surface area (Å²) in [6, 6.07) is -0.975. The highest BCUT2D eigenvalue weighted by Gasteiger charge is 2.54. The maximum atomic E-state index is 13.5. The van der Waals surface area contributed by atoms with Crippen molar-refractivity contribution in [3.63, 3.8) is 0 Å². The van der Waals surface area contributed by atoms with E-state index >= 15 is 0 Å². The molecule has 3 fully saturated rings. The van der Waals surface area contributed by atoms with Crippen LogP contribution in [0.1, 0.15) is 399 Å². The van der Waals surface area contributed by atoms with Gasteiger partial charge in [0.2, 0.25) is 5.91 Å². The summed E-state index contributed by atoms with van der Waals surface area (Å²) in [5, 5.41) is 121. The van der Waals surface area contributed by atoms with Gasteiger partial charge in [0, 0.05) is 6.42 Å². The molecule has 1 amide bonds. The highest BCUT2D eigenvalue weighted by atomic mass is 16.8. The average molecular weight is 1580 g/mol. The quantitative estimate of drug-likeness (QED) is 0.0199. The molecule has 0 radical (unpaired) electrons. The largest absolute Gasteiger partial charge is 0.394 e. The van der Waals surface area contributed by atoms with Gasteiger partial charge in [0.1, 0.15) is 73.2 Å². The van der Waals surface area contributed by atoms with Crippen LogP contribution >= 0.6 is 0 Å². The molecule has 652 valence electrons. The number of aliphatic hydroxyl groups is 11. The molecule has 17 atom stereocenters. The number of ether oxygens (including phenoxy) is 6. The number of hydrogen-bond acceptors (Lipinski definition) is 18. The van der Waals surface area contributed by atoms with Crippen molar-refractivity contribution in [3.8, 4) is 0 Å². The van der Waals surface area contributed by atoms with E-state index in [1.165, 1.54) is 315 Å². The van der Waals surface area contributed by atoms with Crippen LogP contribution in [0.5, 0.6) is 0 Å². The molecule has 0 bridgehead atoms. The van der Waals surface area contributed by atoms with Crippen molar-refractivity contribution in [2.75, 3.05) is 26.4 Å². The molecular formula is C92H171NO18. The number of unbranched alkanes of at least 4 members (excludes halogenated alkanes) is 54. The van der Waals surface area contributed by atoms with Crippen LogP contribution in [-0.2, 0) is 33.2 Å². The SMILES string of the molecule is CCCCCCC/C=C\C/C=C\C/C=C\CCCCCCCCCCCCCCCCCCCCCCCCC(=O)NC(COC1OC(CO)C(OC2OC(CO)C(OC3OC(CO)C(O)C(O)C3O)C(O)C2O)C(O)C1O)C(O)/C=C/CCCCCCCCCCCCCCCCCCCCCCCCCCCCC. The number of carbonyl (C=O) groups is 1. The first-order valence-electron chi connectivity index (χ1n) is 46.4. The van der Waals surface area contributed by atoms with Crippen molar-refractivity contribution in [1.82, 2.24) is 5.32 Å². The van der Waals surface area contributed by atoms with Gasteiger partial charge in [-0.3, -0.25) is 4.79 Å². The van der Waals surface area contributed by atoms with Gasteiger partial charge in [-0.2, -0.15) is 0 Å². The molecule has 19 heteroatoms. The van der Waals surface area contributed by atoms with Gasteiger partial charge in [-0.15, -0.1) is 0 Å². The van der Waals surface area contributed by atoms with E-state index in [9.17, 15) is 61.0 Å². The predicted octanol–water partition coefficient (Wildman–Crippen LogP) is 18.0. The Bertz CT molecular complexity index is 2190. The number of nitrogens with one attached hydrogen (secondary N) is 1. The van der Waals surface area contributed by atoms with E-state index < -0.39 is 124 Å². The Hall–Kier alpha value is -2.25. The lowest BCUT2D eigenvalue weighted by Gasteiger charge is -2.48. The van der Waals surface area contributed by atoms with Gasteiger partial charge in [-0.1, -0.05) is 383 Å². The van der Waals surface area contributed by atoms with Crippen LogP contribution in [-0.4, -0.2) is 193 Å². The summed E-state index contributed by atoms with van der Waals surface area (Å²) in [7, 11) is 0. The minimum absolute atomic E-state index is 0.247. The van der Waals surface area contributed by atoms with Crippen LogP contribution in [0.15, 0.2) is 48.6 Å². The van der Waals surface area contributed by atoms with Crippen molar-refractivity contribution in [3.05, 3.63) is 48.6 Å². The molecule has 3 heterocycles. The van der Waals surface area contributed by atoms with Gasteiger partial charge >= 0.3 is 0 Å². The van der Waals surface area contributed by atoms with E-state index in [1.807, 2.05) is 6.08 Å². The van der Waals surface area contributed by atoms with Gasteiger partial charge in [0.05, 0.1) is 38.6 Å². The molecule has 0 aliphatic carbocycles. The zero-order chi connectivity index (χ0) is 80.3. The number of amides is 1. The lowest BCUT2D eigenvalue weighted by molar-refractivity contribution is -0.379. The Kier molecular flexibility index (Phi) is 66.6. The van der Waals surface area contributed by atoms with Crippen molar-refractivity contribution < 1.29 is 89.4 Å². The maximum Gasteiger partial charge on any atom is 0.220 e. The van der Waals surface area contributed by atoms with Gasteiger partial charge < -0.3 is 89.9 Å². The normalized spacial score (nSPS) is 25.2. The predicted molar refractivity (Wildman–Crippen MR) is 448 cm³/mol. The fourth-order valence-electron chi connectivity index (χ4n) is 15.7. The van der Waals surface area contributed by atoms with Gasteiger partial charge in [0.25, 0.3) is 0 Å². The zero-order valence-electron chi connectivity index (χ0n) is 70.5. The molecule has 19 nitrogen and oxygen atoms in total. The van der Waals surface area contributed by atoms with Crippen molar-refractivity contribution in [2.24, 2.45) is 0 Å². The van der Waals surface area contributed by atoms with Gasteiger partial charge in [-0.05, 0) is 57.8 Å². The first-order valence-corrected chi connectivity index (χ1v) is 46.4. The van der Waals surface area contributed by atoms with Crippen LogP contribution < -0.4 is 5.32 Å². The van der Waals surface area contributed by atoms with E-state index in [4.69, 9.17) is 28.4 Å². The Balaban J connectivity index is 1.31. The van der Waals surface area contributed by atoms with E-state index in [0.29, 0.717) is 6.42 Å². The molecule has 3 rings (SSSR count). The average Bonchev–Trinajstić information content (AvgIpc) is 0.779. The maximum absolute atomic E-state index is 13.5. The number of aliphatic hydroxyl groups excluding tert-OH is 11. The second-order valence-electron chi connectivity index (χ2n) is 33.1. The fourth-order valence-corrected chi connectivity index (χ4v) is 15.7. The first-order chi connectivity index (χ1) is 54.3. The number of carbonyl (C=O) groups excluding carboxylic acids is 1. The van der Waals surface area contributed by atoms with E-state index in [2.05, 4.69) is 55.6 Å². The van der Waals surface area contributed by atoms with Crippen LogP contribution in [0.25, 0.3) is 0 Å². The molecule has 0 aromatic heterocycles. The summed E-state index contributed by atoms with van der Waals surface area (Å²) < 4.78 is 34.6.